The van der Waals surface area contributed by atoms with E-state index in [9.17, 15) is 9.59 Å². The number of hydrogen-bond acceptors (Lipinski definition) is 7. The van der Waals surface area contributed by atoms with Crippen molar-refractivity contribution in [3.8, 4) is 0 Å². The van der Waals surface area contributed by atoms with Crippen LogP contribution in [-0.2, 0) is 16.1 Å². The fourth-order valence-corrected chi connectivity index (χ4v) is 3.76. The molecule has 0 radical (unpaired) electrons. The van der Waals surface area contributed by atoms with E-state index in [1.807, 2.05) is 31.2 Å². The summed E-state index contributed by atoms with van der Waals surface area (Å²) < 4.78 is 6.36. The lowest BCUT2D eigenvalue weighted by atomic mass is 10.1. The molecule has 0 spiro atoms. The number of fused-ring (bicyclic) bond motifs is 3. The number of nitrogens with one attached hydrogen (secondary N) is 1. The van der Waals surface area contributed by atoms with Crippen LogP contribution in [0.1, 0.15) is 21.7 Å². The number of methoxy groups -OCH3 is 1. The first-order valence-corrected chi connectivity index (χ1v) is 10.2. The van der Waals surface area contributed by atoms with Crippen LogP contribution in [-0.4, -0.2) is 44.3 Å². The predicted octanol–water partition coefficient (Wildman–Crippen LogP) is 2.78. The van der Waals surface area contributed by atoms with Crippen molar-refractivity contribution in [3.63, 3.8) is 0 Å². The van der Waals surface area contributed by atoms with Gasteiger partial charge in [-0.1, -0.05) is 36.0 Å². The quantitative estimate of drug-likeness (QED) is 0.290. The molecule has 0 aliphatic heterocycles. The predicted molar refractivity (Wildman–Crippen MR) is 113 cm³/mol. The van der Waals surface area contributed by atoms with Gasteiger partial charge in [-0.15, -0.1) is 5.10 Å². The van der Waals surface area contributed by atoms with Crippen molar-refractivity contribution in [3.05, 3.63) is 65.5 Å². The summed E-state index contributed by atoms with van der Waals surface area (Å²) in [4.78, 5) is 32.9. The first-order chi connectivity index (χ1) is 14.5. The summed E-state index contributed by atoms with van der Waals surface area (Å²) in [7, 11) is 1.34. The van der Waals surface area contributed by atoms with Crippen LogP contribution in [0.15, 0.2) is 53.7 Å². The lowest BCUT2D eigenvalue weighted by Gasteiger charge is -2.08. The van der Waals surface area contributed by atoms with E-state index >= 15 is 0 Å². The summed E-state index contributed by atoms with van der Waals surface area (Å²) in [5, 5.41) is 8.82. The van der Waals surface area contributed by atoms with Crippen molar-refractivity contribution in [2.75, 3.05) is 12.9 Å². The van der Waals surface area contributed by atoms with Crippen LogP contribution in [0, 0.1) is 6.92 Å². The van der Waals surface area contributed by atoms with Gasteiger partial charge in [-0.2, -0.15) is 4.52 Å². The summed E-state index contributed by atoms with van der Waals surface area (Å²) in [6.45, 7) is 2.19. The van der Waals surface area contributed by atoms with Gasteiger partial charge in [0.05, 0.1) is 23.9 Å². The van der Waals surface area contributed by atoms with E-state index < -0.39 is 0 Å². The van der Waals surface area contributed by atoms with Crippen molar-refractivity contribution in [1.29, 1.82) is 0 Å². The highest BCUT2D eigenvalue weighted by Crippen LogP contribution is 2.23. The van der Waals surface area contributed by atoms with Crippen molar-refractivity contribution in [2.45, 2.75) is 18.6 Å². The fraction of sp³-hybridized carbons (Fsp3) is 0.190. The molecule has 9 heteroatoms. The van der Waals surface area contributed by atoms with E-state index in [2.05, 4.69) is 25.1 Å². The van der Waals surface area contributed by atoms with E-state index in [0.717, 1.165) is 22.1 Å². The van der Waals surface area contributed by atoms with Crippen molar-refractivity contribution in [2.24, 2.45) is 0 Å². The second kappa shape index (κ2) is 8.50. The SMILES string of the molecule is COC(=O)c1ccc(CNC(=O)CSc2nc3ccccc3c3nc(C)nn23)cc1. The Hall–Kier alpha value is -3.46. The molecule has 0 bridgehead atoms. The van der Waals surface area contributed by atoms with Gasteiger partial charge in [0, 0.05) is 11.9 Å². The molecule has 0 aliphatic carbocycles. The number of aryl methyl sites for hydroxylation is 1. The van der Waals surface area contributed by atoms with Gasteiger partial charge in [0.1, 0.15) is 5.82 Å². The molecule has 0 saturated heterocycles. The Bertz CT molecular complexity index is 1240. The molecular weight excluding hydrogens is 402 g/mol. The Kier molecular flexibility index (Phi) is 5.62. The topological polar surface area (TPSA) is 98.5 Å². The van der Waals surface area contributed by atoms with Crippen LogP contribution in [0.4, 0.5) is 0 Å². The molecule has 4 rings (SSSR count). The van der Waals surface area contributed by atoms with Gasteiger partial charge in [-0.3, -0.25) is 4.79 Å². The maximum absolute atomic E-state index is 12.3. The minimum absolute atomic E-state index is 0.128. The van der Waals surface area contributed by atoms with Crippen LogP contribution in [0.2, 0.25) is 0 Å². The molecule has 2 aromatic heterocycles. The number of hydrogen-bond donors (Lipinski definition) is 1. The minimum Gasteiger partial charge on any atom is -0.465 e. The highest BCUT2D eigenvalue weighted by molar-refractivity contribution is 7.99. The molecule has 2 aromatic carbocycles. The smallest absolute Gasteiger partial charge is 0.337 e. The number of aromatic nitrogens is 4. The number of rotatable bonds is 6. The average molecular weight is 421 g/mol. The largest absolute Gasteiger partial charge is 0.465 e. The third-order valence-electron chi connectivity index (χ3n) is 4.45. The molecule has 0 atom stereocenters. The number of amides is 1. The second-order valence-electron chi connectivity index (χ2n) is 6.56. The second-order valence-corrected chi connectivity index (χ2v) is 7.50. The zero-order valence-corrected chi connectivity index (χ0v) is 17.3. The van der Waals surface area contributed by atoms with Gasteiger partial charge in [0.25, 0.3) is 0 Å². The number of benzene rings is 2. The maximum atomic E-state index is 12.3. The Labute approximate surface area is 176 Å². The van der Waals surface area contributed by atoms with Crippen molar-refractivity contribution in [1.82, 2.24) is 24.9 Å². The first-order valence-electron chi connectivity index (χ1n) is 9.24. The molecule has 1 N–H and O–H groups in total. The molecule has 152 valence electrons. The Balaban J connectivity index is 1.42. The third kappa shape index (κ3) is 4.11. The van der Waals surface area contributed by atoms with Crippen molar-refractivity contribution >= 4 is 40.2 Å². The molecule has 0 unspecified atom stereocenters. The number of thioether (sulfide) groups is 1. The van der Waals surface area contributed by atoms with Crippen LogP contribution >= 0.6 is 11.8 Å². The van der Waals surface area contributed by atoms with Crippen LogP contribution in [0.5, 0.6) is 0 Å². The molecule has 0 saturated carbocycles. The number of carbonyl (C=O) groups is 2. The third-order valence-corrected chi connectivity index (χ3v) is 5.38. The molecule has 0 fully saturated rings. The summed E-state index contributed by atoms with van der Waals surface area (Å²) >= 11 is 1.31. The van der Waals surface area contributed by atoms with Gasteiger partial charge in [0.15, 0.2) is 10.8 Å². The van der Waals surface area contributed by atoms with Crippen molar-refractivity contribution < 1.29 is 14.3 Å². The van der Waals surface area contributed by atoms with Gasteiger partial charge >= 0.3 is 5.97 Å². The van der Waals surface area contributed by atoms with E-state index in [-0.39, 0.29) is 17.6 Å². The lowest BCUT2D eigenvalue weighted by Crippen LogP contribution is -2.24. The Morgan fingerprint density at radius 3 is 2.63 bits per heavy atom. The summed E-state index contributed by atoms with van der Waals surface area (Å²) in [5.41, 5.74) is 2.90. The highest BCUT2D eigenvalue weighted by atomic mass is 32.2. The summed E-state index contributed by atoms with van der Waals surface area (Å²) in [5.74, 6) is 0.325. The zero-order chi connectivity index (χ0) is 21.1. The van der Waals surface area contributed by atoms with Gasteiger partial charge in [-0.05, 0) is 36.8 Å². The molecule has 2 heterocycles. The van der Waals surface area contributed by atoms with Crippen LogP contribution in [0.25, 0.3) is 16.6 Å². The summed E-state index contributed by atoms with van der Waals surface area (Å²) in [6, 6.07) is 14.6. The fourth-order valence-electron chi connectivity index (χ4n) is 2.99. The van der Waals surface area contributed by atoms with E-state index in [0.29, 0.717) is 23.1 Å². The minimum atomic E-state index is -0.389. The molecule has 8 nitrogen and oxygen atoms in total. The van der Waals surface area contributed by atoms with Gasteiger partial charge < -0.3 is 10.1 Å². The normalized spacial score (nSPS) is 11.0. The molecular formula is C21H19N5O3S. The Morgan fingerprint density at radius 2 is 1.87 bits per heavy atom. The van der Waals surface area contributed by atoms with E-state index in [4.69, 9.17) is 0 Å². The average Bonchev–Trinajstić information content (AvgIpc) is 3.17. The maximum Gasteiger partial charge on any atom is 0.337 e. The zero-order valence-electron chi connectivity index (χ0n) is 16.5. The van der Waals surface area contributed by atoms with E-state index in [1.54, 1.807) is 28.8 Å². The molecule has 1 amide bonds. The standard InChI is InChI=1S/C21H19N5O3S/c1-13-23-19-16-5-3-4-6-17(16)24-21(26(19)25-13)30-12-18(27)22-11-14-7-9-15(10-8-14)20(28)29-2/h3-10H,11-12H2,1-2H3,(H,22,27). The number of nitrogens with zero attached hydrogens (tertiary/aromatic N) is 4. The first kappa shape index (κ1) is 19.8. The van der Waals surface area contributed by atoms with E-state index in [1.165, 1.54) is 18.9 Å². The van der Waals surface area contributed by atoms with Crippen LogP contribution in [0.3, 0.4) is 0 Å². The number of esters is 1. The number of para-hydroxylation sites is 1. The van der Waals surface area contributed by atoms with Crippen LogP contribution < -0.4 is 5.32 Å². The molecule has 30 heavy (non-hydrogen) atoms. The molecule has 4 aromatic rings. The monoisotopic (exact) mass is 421 g/mol. The van der Waals surface area contributed by atoms with Gasteiger partial charge in [-0.25, -0.2) is 14.8 Å². The molecule has 0 aliphatic rings. The summed E-state index contributed by atoms with van der Waals surface area (Å²) in [6.07, 6.45) is 0. The number of carbonyl (C=O) groups excluding carboxylic acids is 2. The Morgan fingerprint density at radius 1 is 1.10 bits per heavy atom. The highest BCUT2D eigenvalue weighted by Gasteiger charge is 2.14. The lowest BCUT2D eigenvalue weighted by molar-refractivity contribution is -0.118. The number of ether oxygens (including phenoxy) is 1. The van der Waals surface area contributed by atoms with Gasteiger partial charge in [0.2, 0.25) is 5.91 Å².